The summed E-state index contributed by atoms with van der Waals surface area (Å²) in [6.45, 7) is -0.468. The van der Waals surface area contributed by atoms with E-state index in [-0.39, 0.29) is 0 Å². The number of hydrogen-bond acceptors (Lipinski definition) is 5. The summed E-state index contributed by atoms with van der Waals surface area (Å²) in [5.41, 5.74) is 0. The van der Waals surface area contributed by atoms with Crippen molar-refractivity contribution in [2.45, 2.75) is 18.3 Å². The zero-order valence-electron chi connectivity index (χ0n) is 5.10. The summed E-state index contributed by atoms with van der Waals surface area (Å²) in [7, 11) is 0. The normalized spacial score (nSPS) is 39.9. The Morgan fingerprint density at radius 1 is 1.50 bits per heavy atom. The lowest BCUT2D eigenvalue weighted by Crippen LogP contribution is -2.32. The average molecular weight is 148 g/mol. The van der Waals surface area contributed by atoms with Crippen molar-refractivity contribution in [3.05, 3.63) is 0 Å². The van der Waals surface area contributed by atoms with Crippen LogP contribution >= 0.6 is 0 Å². The van der Waals surface area contributed by atoms with E-state index in [4.69, 9.17) is 15.3 Å². The number of ether oxygens (including phenoxy) is 1. The SMILES string of the molecule is O=C1O[C@@H](CO)[C@H](O)[C@H]1O. The Morgan fingerprint density at radius 3 is 2.30 bits per heavy atom. The van der Waals surface area contributed by atoms with E-state index in [9.17, 15) is 4.79 Å². The Morgan fingerprint density at radius 2 is 2.10 bits per heavy atom. The molecule has 1 heterocycles. The van der Waals surface area contributed by atoms with Gasteiger partial charge in [-0.2, -0.15) is 0 Å². The fraction of sp³-hybridized carbons (Fsp3) is 0.800. The second-order valence-electron chi connectivity index (χ2n) is 2.09. The van der Waals surface area contributed by atoms with Gasteiger partial charge in [0.25, 0.3) is 0 Å². The third kappa shape index (κ3) is 0.985. The predicted octanol–water partition coefficient (Wildman–Crippen LogP) is -2.37. The maximum atomic E-state index is 10.4. The zero-order chi connectivity index (χ0) is 7.72. The second-order valence-corrected chi connectivity index (χ2v) is 2.09. The van der Waals surface area contributed by atoms with Gasteiger partial charge in [0, 0.05) is 0 Å². The monoisotopic (exact) mass is 148 g/mol. The van der Waals surface area contributed by atoms with Crippen molar-refractivity contribution in [1.29, 1.82) is 0 Å². The molecule has 0 amide bonds. The highest BCUT2D eigenvalue weighted by Gasteiger charge is 2.41. The predicted molar refractivity (Wildman–Crippen MR) is 29.0 cm³/mol. The fourth-order valence-corrected chi connectivity index (χ4v) is 0.777. The molecule has 5 heteroatoms. The maximum Gasteiger partial charge on any atom is 0.338 e. The molecule has 58 valence electrons. The molecule has 0 aromatic rings. The first-order valence-corrected chi connectivity index (χ1v) is 2.84. The van der Waals surface area contributed by atoms with Crippen molar-refractivity contribution in [3.8, 4) is 0 Å². The van der Waals surface area contributed by atoms with Gasteiger partial charge in [0.1, 0.15) is 6.10 Å². The lowest BCUT2D eigenvalue weighted by atomic mass is 10.1. The number of hydrogen-bond donors (Lipinski definition) is 3. The van der Waals surface area contributed by atoms with E-state index in [1.54, 1.807) is 0 Å². The molecule has 0 spiro atoms. The van der Waals surface area contributed by atoms with Crippen molar-refractivity contribution in [1.82, 2.24) is 0 Å². The molecule has 0 aliphatic carbocycles. The van der Waals surface area contributed by atoms with Crippen LogP contribution in [-0.2, 0) is 9.53 Å². The molecular formula is C5H8O5. The summed E-state index contributed by atoms with van der Waals surface area (Å²) in [4.78, 5) is 10.4. The first-order chi connectivity index (χ1) is 4.66. The second kappa shape index (κ2) is 2.53. The summed E-state index contributed by atoms with van der Waals surface area (Å²) < 4.78 is 4.35. The molecule has 0 aromatic carbocycles. The third-order valence-electron chi connectivity index (χ3n) is 1.39. The molecule has 5 nitrogen and oxygen atoms in total. The number of aliphatic hydroxyl groups is 3. The highest BCUT2D eigenvalue weighted by Crippen LogP contribution is 2.14. The molecule has 0 bridgehead atoms. The van der Waals surface area contributed by atoms with Crippen LogP contribution in [0, 0.1) is 0 Å². The van der Waals surface area contributed by atoms with E-state index in [0.717, 1.165) is 0 Å². The molecule has 10 heavy (non-hydrogen) atoms. The van der Waals surface area contributed by atoms with Crippen LogP contribution in [-0.4, -0.2) is 46.2 Å². The topological polar surface area (TPSA) is 87.0 Å². The number of rotatable bonds is 1. The number of aliphatic hydroxyl groups excluding tert-OH is 3. The van der Waals surface area contributed by atoms with E-state index < -0.39 is 30.9 Å². The molecule has 1 aliphatic rings. The summed E-state index contributed by atoms with van der Waals surface area (Å²) in [6.07, 6.45) is -3.77. The molecule has 1 aliphatic heterocycles. The molecule has 0 radical (unpaired) electrons. The number of carbonyl (C=O) groups excluding carboxylic acids is 1. The molecular weight excluding hydrogens is 140 g/mol. The number of carbonyl (C=O) groups is 1. The largest absolute Gasteiger partial charge is 0.455 e. The van der Waals surface area contributed by atoms with Crippen LogP contribution in [0.4, 0.5) is 0 Å². The van der Waals surface area contributed by atoms with Crippen molar-refractivity contribution in [2.24, 2.45) is 0 Å². The van der Waals surface area contributed by atoms with E-state index in [2.05, 4.69) is 4.74 Å². The van der Waals surface area contributed by atoms with Gasteiger partial charge in [0.05, 0.1) is 6.61 Å². The molecule has 0 saturated carbocycles. The van der Waals surface area contributed by atoms with Gasteiger partial charge in [-0.25, -0.2) is 4.79 Å². The minimum atomic E-state index is -1.50. The Kier molecular flexibility index (Phi) is 1.89. The van der Waals surface area contributed by atoms with Gasteiger partial charge in [-0.1, -0.05) is 0 Å². The van der Waals surface area contributed by atoms with Crippen LogP contribution in [0.25, 0.3) is 0 Å². The van der Waals surface area contributed by atoms with E-state index in [1.807, 2.05) is 0 Å². The van der Waals surface area contributed by atoms with Gasteiger partial charge >= 0.3 is 5.97 Å². The number of esters is 1. The van der Waals surface area contributed by atoms with E-state index in [0.29, 0.717) is 0 Å². The maximum absolute atomic E-state index is 10.4. The van der Waals surface area contributed by atoms with Gasteiger partial charge in [-0.15, -0.1) is 0 Å². The Balaban J connectivity index is 2.61. The van der Waals surface area contributed by atoms with Gasteiger partial charge < -0.3 is 20.1 Å². The Hall–Kier alpha value is -0.650. The summed E-state index contributed by atoms with van der Waals surface area (Å²) in [5, 5.41) is 26.0. The van der Waals surface area contributed by atoms with Gasteiger partial charge in [0.2, 0.25) is 0 Å². The van der Waals surface area contributed by atoms with Crippen LogP contribution in [0.1, 0.15) is 0 Å². The van der Waals surface area contributed by atoms with Crippen LogP contribution in [0.3, 0.4) is 0 Å². The smallest absolute Gasteiger partial charge is 0.338 e. The molecule has 1 rings (SSSR count). The summed E-state index contributed by atoms with van der Waals surface area (Å²) in [5.74, 6) is -0.883. The summed E-state index contributed by atoms with van der Waals surface area (Å²) >= 11 is 0. The van der Waals surface area contributed by atoms with Gasteiger partial charge in [-0.3, -0.25) is 0 Å². The molecule has 3 atom stereocenters. The highest BCUT2D eigenvalue weighted by molar-refractivity contribution is 5.77. The van der Waals surface area contributed by atoms with E-state index in [1.165, 1.54) is 0 Å². The Labute approximate surface area is 56.9 Å². The van der Waals surface area contributed by atoms with Crippen LogP contribution in [0.2, 0.25) is 0 Å². The van der Waals surface area contributed by atoms with Crippen molar-refractivity contribution >= 4 is 5.97 Å². The molecule has 0 unspecified atom stereocenters. The Bertz CT molecular complexity index is 145. The first kappa shape index (κ1) is 7.46. The van der Waals surface area contributed by atoms with Gasteiger partial charge in [0.15, 0.2) is 12.2 Å². The first-order valence-electron chi connectivity index (χ1n) is 2.84. The average Bonchev–Trinajstić information content (AvgIpc) is 2.17. The lowest BCUT2D eigenvalue weighted by molar-refractivity contribution is -0.148. The minimum Gasteiger partial charge on any atom is -0.455 e. The number of cyclic esters (lactones) is 1. The molecule has 0 aromatic heterocycles. The van der Waals surface area contributed by atoms with Crippen molar-refractivity contribution in [2.75, 3.05) is 6.61 Å². The molecule has 3 N–H and O–H groups in total. The molecule has 1 saturated heterocycles. The lowest BCUT2D eigenvalue weighted by Gasteiger charge is -2.08. The van der Waals surface area contributed by atoms with Crippen LogP contribution in [0.15, 0.2) is 0 Å². The quantitative estimate of drug-likeness (QED) is 0.362. The minimum absolute atomic E-state index is 0.468. The van der Waals surface area contributed by atoms with Crippen LogP contribution < -0.4 is 0 Å². The van der Waals surface area contributed by atoms with Crippen molar-refractivity contribution < 1.29 is 24.9 Å². The third-order valence-corrected chi connectivity index (χ3v) is 1.39. The van der Waals surface area contributed by atoms with Crippen molar-refractivity contribution in [3.63, 3.8) is 0 Å². The standard InChI is InChI=1S/C5H8O5/c6-1-2-3(7)4(8)5(9)10-2/h2-4,6-8H,1H2/t2-,3-,4+/m0/s1. The fourth-order valence-electron chi connectivity index (χ4n) is 0.777. The van der Waals surface area contributed by atoms with Gasteiger partial charge in [-0.05, 0) is 0 Å². The zero-order valence-corrected chi connectivity index (χ0v) is 5.10. The van der Waals surface area contributed by atoms with E-state index >= 15 is 0 Å². The van der Waals surface area contributed by atoms with Crippen LogP contribution in [0.5, 0.6) is 0 Å². The highest BCUT2D eigenvalue weighted by atomic mass is 16.6. The summed E-state index contributed by atoms with van der Waals surface area (Å²) in [6, 6.07) is 0. The molecule has 1 fully saturated rings.